The molecule has 1 fully saturated rings. The zero-order valence-corrected chi connectivity index (χ0v) is 16.0. The normalized spacial score (nSPS) is 27.1. The van der Waals surface area contributed by atoms with Crippen LogP contribution in [0, 0.1) is 0 Å². The van der Waals surface area contributed by atoms with E-state index in [9.17, 15) is 24.9 Å². The van der Waals surface area contributed by atoms with Crippen LogP contribution in [0.3, 0.4) is 0 Å². The summed E-state index contributed by atoms with van der Waals surface area (Å²) in [4.78, 5) is 23.7. The van der Waals surface area contributed by atoms with Crippen molar-refractivity contribution in [2.24, 2.45) is 0 Å². The summed E-state index contributed by atoms with van der Waals surface area (Å²) in [6.07, 6.45) is -9.12. The lowest BCUT2D eigenvalue weighted by Crippen LogP contribution is -2.60. The Labute approximate surface area is 172 Å². The fourth-order valence-corrected chi connectivity index (χ4v) is 2.97. The van der Waals surface area contributed by atoms with Crippen LogP contribution in [0.15, 0.2) is 54.6 Å². The van der Waals surface area contributed by atoms with Crippen molar-refractivity contribution in [3.63, 3.8) is 0 Å². The number of para-hydroxylation sites is 1. The Morgan fingerprint density at radius 2 is 1.60 bits per heavy atom. The third-order valence-electron chi connectivity index (χ3n) is 4.74. The Bertz CT molecular complexity index is 885. The van der Waals surface area contributed by atoms with Crippen molar-refractivity contribution in [2.75, 3.05) is 0 Å². The molecular weight excluding hydrogens is 396 g/mol. The molecule has 1 aliphatic heterocycles. The van der Waals surface area contributed by atoms with Gasteiger partial charge in [0.05, 0.1) is 5.92 Å². The summed E-state index contributed by atoms with van der Waals surface area (Å²) in [7, 11) is 0. The summed E-state index contributed by atoms with van der Waals surface area (Å²) in [5, 5.41) is 38.6. The van der Waals surface area contributed by atoms with E-state index in [0.717, 1.165) is 0 Å². The summed E-state index contributed by atoms with van der Waals surface area (Å²) < 4.78 is 15.8. The number of rotatable bonds is 6. The first-order valence-electron chi connectivity index (χ1n) is 9.23. The minimum atomic E-state index is -1.86. The van der Waals surface area contributed by atoms with Gasteiger partial charge in [-0.05, 0) is 36.8 Å². The number of aliphatic hydroxyl groups is 3. The Morgan fingerprint density at radius 1 is 0.933 bits per heavy atom. The summed E-state index contributed by atoms with van der Waals surface area (Å²) in [6.45, 7) is 1.55. The molecule has 0 aliphatic carbocycles. The number of carbonyl (C=O) groups is 2. The number of esters is 1. The van der Waals surface area contributed by atoms with Gasteiger partial charge in [0.15, 0.2) is 6.10 Å². The topological polar surface area (TPSA) is 143 Å². The van der Waals surface area contributed by atoms with Gasteiger partial charge in [-0.3, -0.25) is 4.79 Å². The van der Waals surface area contributed by atoms with Crippen LogP contribution in [0.5, 0.6) is 11.5 Å². The van der Waals surface area contributed by atoms with Gasteiger partial charge in [-0.1, -0.05) is 30.3 Å². The largest absolute Gasteiger partial charge is 0.479 e. The number of benzene rings is 2. The van der Waals surface area contributed by atoms with E-state index in [4.69, 9.17) is 19.3 Å². The fraction of sp³-hybridized carbons (Fsp3) is 0.333. The lowest BCUT2D eigenvalue weighted by molar-refractivity contribution is -0.286. The first kappa shape index (κ1) is 21.7. The first-order valence-corrected chi connectivity index (χ1v) is 9.23. The molecule has 0 aromatic heterocycles. The maximum absolute atomic E-state index is 12.5. The summed E-state index contributed by atoms with van der Waals surface area (Å²) >= 11 is 0. The van der Waals surface area contributed by atoms with Crippen molar-refractivity contribution in [3.8, 4) is 11.5 Å². The number of carboxylic acids is 1. The Hall–Kier alpha value is -2.98. The smallest absolute Gasteiger partial charge is 0.335 e. The van der Waals surface area contributed by atoms with Crippen molar-refractivity contribution in [1.29, 1.82) is 0 Å². The molecule has 0 amide bonds. The number of carbonyl (C=O) groups excluding carboxylic acids is 1. The standard InChI is InChI=1S/C21H22O9/c1-11(12-6-5-9-14(10-12)28-13-7-3-2-4-8-13)20(27)30-21-17(24)15(22)16(23)18(29-21)19(25)26/h2-11,15-18,21-24H,1H3,(H,25,26)/t11?,15-,16-,17+,18-,21?/m0/s1. The van der Waals surface area contributed by atoms with Crippen LogP contribution in [0.1, 0.15) is 18.4 Å². The third-order valence-corrected chi connectivity index (χ3v) is 4.74. The van der Waals surface area contributed by atoms with Gasteiger partial charge in [-0.25, -0.2) is 4.79 Å². The second kappa shape index (κ2) is 9.23. The molecule has 0 bridgehead atoms. The van der Waals surface area contributed by atoms with Crippen molar-refractivity contribution < 1.29 is 44.2 Å². The zero-order chi connectivity index (χ0) is 21.8. The third kappa shape index (κ3) is 4.77. The summed E-state index contributed by atoms with van der Waals surface area (Å²) in [5.74, 6) is -2.07. The van der Waals surface area contributed by atoms with E-state index in [2.05, 4.69) is 0 Å². The van der Waals surface area contributed by atoms with Gasteiger partial charge in [0, 0.05) is 0 Å². The van der Waals surface area contributed by atoms with E-state index >= 15 is 0 Å². The SMILES string of the molecule is CC(C(=O)OC1O[C@H](C(=O)O)[C@@H](O)[C@H](O)[C@H]1O)c1cccc(Oc2ccccc2)c1. The zero-order valence-electron chi connectivity index (χ0n) is 16.0. The van der Waals surface area contributed by atoms with Crippen LogP contribution in [0.2, 0.25) is 0 Å². The minimum Gasteiger partial charge on any atom is -0.479 e. The number of hydrogen-bond acceptors (Lipinski definition) is 8. The van der Waals surface area contributed by atoms with Gasteiger partial charge in [-0.15, -0.1) is 0 Å². The van der Waals surface area contributed by atoms with E-state index in [0.29, 0.717) is 17.1 Å². The van der Waals surface area contributed by atoms with Crippen molar-refractivity contribution in [3.05, 3.63) is 60.2 Å². The van der Waals surface area contributed by atoms with E-state index < -0.39 is 48.6 Å². The number of ether oxygens (including phenoxy) is 3. The number of hydrogen-bond donors (Lipinski definition) is 4. The average molecular weight is 418 g/mol. The van der Waals surface area contributed by atoms with Crippen LogP contribution in [0.4, 0.5) is 0 Å². The summed E-state index contributed by atoms with van der Waals surface area (Å²) in [6, 6.07) is 15.8. The molecule has 0 saturated carbocycles. The number of aliphatic hydroxyl groups excluding tert-OH is 3. The van der Waals surface area contributed by atoms with Gasteiger partial charge in [0.1, 0.15) is 29.8 Å². The van der Waals surface area contributed by atoms with Gasteiger partial charge in [0.2, 0.25) is 6.29 Å². The lowest BCUT2D eigenvalue weighted by Gasteiger charge is -2.38. The molecule has 160 valence electrons. The fourth-order valence-electron chi connectivity index (χ4n) is 2.97. The molecule has 1 heterocycles. The van der Waals surface area contributed by atoms with Crippen LogP contribution < -0.4 is 4.74 Å². The minimum absolute atomic E-state index is 0.497. The highest BCUT2D eigenvalue weighted by atomic mass is 16.7. The van der Waals surface area contributed by atoms with Gasteiger partial charge >= 0.3 is 11.9 Å². The van der Waals surface area contributed by atoms with E-state index in [1.165, 1.54) is 0 Å². The van der Waals surface area contributed by atoms with Crippen molar-refractivity contribution in [2.45, 2.75) is 43.5 Å². The Kier molecular flexibility index (Phi) is 6.68. The van der Waals surface area contributed by atoms with E-state index in [-0.39, 0.29) is 0 Å². The van der Waals surface area contributed by atoms with E-state index in [1.807, 2.05) is 18.2 Å². The molecule has 30 heavy (non-hydrogen) atoms. The van der Waals surface area contributed by atoms with Crippen LogP contribution in [-0.2, 0) is 19.1 Å². The predicted molar refractivity (Wildman–Crippen MR) is 102 cm³/mol. The molecule has 2 aromatic carbocycles. The molecular formula is C21H22O9. The molecule has 0 radical (unpaired) electrons. The molecule has 2 unspecified atom stereocenters. The molecule has 2 aromatic rings. The van der Waals surface area contributed by atoms with Crippen LogP contribution in [0.25, 0.3) is 0 Å². The van der Waals surface area contributed by atoms with Crippen molar-refractivity contribution in [1.82, 2.24) is 0 Å². The highest BCUT2D eigenvalue weighted by Crippen LogP contribution is 2.28. The van der Waals surface area contributed by atoms with Crippen LogP contribution >= 0.6 is 0 Å². The maximum Gasteiger partial charge on any atom is 0.335 e. The Morgan fingerprint density at radius 3 is 2.27 bits per heavy atom. The second-order valence-corrected chi connectivity index (χ2v) is 6.88. The highest BCUT2D eigenvalue weighted by molar-refractivity contribution is 5.78. The molecule has 1 saturated heterocycles. The second-order valence-electron chi connectivity index (χ2n) is 6.88. The molecule has 4 N–H and O–H groups in total. The average Bonchev–Trinajstić information content (AvgIpc) is 2.74. The first-order chi connectivity index (χ1) is 14.3. The molecule has 6 atom stereocenters. The van der Waals surface area contributed by atoms with Gasteiger partial charge in [0.25, 0.3) is 0 Å². The summed E-state index contributed by atoms with van der Waals surface area (Å²) in [5.41, 5.74) is 0.550. The van der Waals surface area contributed by atoms with E-state index in [1.54, 1.807) is 43.3 Å². The molecule has 9 heteroatoms. The number of carboxylic acid groups (broad SMARTS) is 1. The monoisotopic (exact) mass is 418 g/mol. The molecule has 0 spiro atoms. The quantitative estimate of drug-likeness (QED) is 0.506. The molecule has 3 rings (SSSR count). The Balaban J connectivity index is 1.69. The van der Waals surface area contributed by atoms with Crippen molar-refractivity contribution >= 4 is 11.9 Å². The number of aliphatic carboxylic acids is 1. The van der Waals surface area contributed by atoms with Gasteiger partial charge < -0.3 is 34.6 Å². The highest BCUT2D eigenvalue weighted by Gasteiger charge is 2.48. The lowest BCUT2D eigenvalue weighted by atomic mass is 9.98. The van der Waals surface area contributed by atoms with Crippen LogP contribution in [-0.4, -0.2) is 63.1 Å². The molecule has 1 aliphatic rings. The maximum atomic E-state index is 12.5. The van der Waals surface area contributed by atoms with Gasteiger partial charge in [-0.2, -0.15) is 0 Å². The molecule has 9 nitrogen and oxygen atoms in total. The predicted octanol–water partition coefficient (Wildman–Crippen LogP) is 1.02.